The summed E-state index contributed by atoms with van der Waals surface area (Å²) in [4.78, 5) is 0. The molecule has 0 bridgehead atoms. The average molecular weight is 389 g/mol. The highest BCUT2D eigenvalue weighted by molar-refractivity contribution is 5.88. The lowest BCUT2D eigenvalue weighted by Crippen LogP contribution is -2.15. The summed E-state index contributed by atoms with van der Waals surface area (Å²) in [5.74, 6) is 1.75. The van der Waals surface area contributed by atoms with Crippen molar-refractivity contribution in [3.05, 3.63) is 72.0 Å². The Morgan fingerprint density at radius 3 is 2.28 bits per heavy atom. The predicted octanol–water partition coefficient (Wildman–Crippen LogP) is 8.58. The van der Waals surface area contributed by atoms with Gasteiger partial charge in [-0.25, -0.2) is 4.39 Å². The smallest absolute Gasteiger partial charge is 0.138 e. The van der Waals surface area contributed by atoms with E-state index in [-0.39, 0.29) is 5.82 Å². The second-order valence-corrected chi connectivity index (χ2v) is 8.92. The molecule has 0 heterocycles. The van der Waals surface area contributed by atoms with Crippen molar-refractivity contribution in [3.63, 3.8) is 0 Å². The van der Waals surface area contributed by atoms with E-state index < -0.39 is 0 Å². The van der Waals surface area contributed by atoms with E-state index in [0.717, 1.165) is 34.6 Å². The van der Waals surface area contributed by atoms with Gasteiger partial charge >= 0.3 is 0 Å². The summed E-state index contributed by atoms with van der Waals surface area (Å²) in [5.41, 5.74) is 2.97. The first kappa shape index (κ1) is 20.1. The van der Waals surface area contributed by atoms with Crippen LogP contribution in [0.5, 0.6) is 0 Å². The summed E-state index contributed by atoms with van der Waals surface area (Å²) in [6.45, 7) is 2.30. The number of fused-ring (bicyclic) bond motifs is 1. The van der Waals surface area contributed by atoms with Crippen LogP contribution < -0.4 is 0 Å². The van der Waals surface area contributed by atoms with E-state index in [2.05, 4.69) is 25.1 Å². The normalized spacial score (nSPS) is 19.5. The fraction of sp³-hybridized carbons (Fsp3) is 0.429. The van der Waals surface area contributed by atoms with Gasteiger partial charge in [0, 0.05) is 10.9 Å². The lowest BCUT2D eigenvalue weighted by molar-refractivity contribution is 0.250. The van der Waals surface area contributed by atoms with Crippen molar-refractivity contribution in [2.75, 3.05) is 0 Å². The highest BCUT2D eigenvalue weighted by Crippen LogP contribution is 2.35. The van der Waals surface area contributed by atoms with Crippen LogP contribution in [0.1, 0.15) is 63.9 Å². The second-order valence-electron chi connectivity index (χ2n) is 8.92. The Morgan fingerprint density at radius 1 is 0.828 bits per heavy atom. The minimum atomic E-state index is -0.106. The molecule has 152 valence electrons. The summed E-state index contributed by atoms with van der Waals surface area (Å²) in [5, 5.41) is 1.74. The Labute approximate surface area is 175 Å². The third-order valence-corrected chi connectivity index (χ3v) is 6.88. The Hall–Kier alpha value is -2.15. The van der Waals surface area contributed by atoms with Crippen LogP contribution >= 0.6 is 0 Å². The number of rotatable bonds is 7. The zero-order valence-corrected chi connectivity index (χ0v) is 17.7. The molecule has 0 amide bonds. The van der Waals surface area contributed by atoms with E-state index in [1.165, 1.54) is 56.9 Å². The number of hydrogen-bond acceptors (Lipinski definition) is 0. The monoisotopic (exact) mass is 388 g/mol. The van der Waals surface area contributed by atoms with Gasteiger partial charge in [0.25, 0.3) is 0 Å². The maximum atomic E-state index is 15.1. The van der Waals surface area contributed by atoms with Gasteiger partial charge in [-0.05, 0) is 41.2 Å². The first-order valence-corrected chi connectivity index (χ1v) is 11.5. The molecule has 1 aliphatic rings. The van der Waals surface area contributed by atoms with E-state index in [9.17, 15) is 0 Å². The van der Waals surface area contributed by atoms with Crippen LogP contribution in [0.3, 0.4) is 0 Å². The van der Waals surface area contributed by atoms with Crippen molar-refractivity contribution < 1.29 is 4.39 Å². The van der Waals surface area contributed by atoms with Gasteiger partial charge in [-0.15, -0.1) is 0 Å². The molecule has 1 aliphatic carbocycles. The molecule has 1 heteroatoms. The van der Waals surface area contributed by atoms with Gasteiger partial charge in [0.05, 0.1) is 0 Å². The van der Waals surface area contributed by atoms with Crippen LogP contribution in [0.25, 0.3) is 21.9 Å². The molecular formula is C28H33F. The molecule has 0 nitrogen and oxygen atoms in total. The van der Waals surface area contributed by atoms with Crippen molar-refractivity contribution in [1.29, 1.82) is 0 Å². The zero-order chi connectivity index (χ0) is 20.1. The fourth-order valence-electron chi connectivity index (χ4n) is 5.01. The Bertz CT molecular complexity index is 920. The standard InChI is InChI=1S/C28H33F/c1-2-3-7-21-10-12-22(13-11-21)14-15-23-16-18-27-25(20-23)17-19-26(28(27)29)24-8-5-4-6-9-24/h4-6,8-9,16-22H,2-3,7,10-15H2,1H3. The minimum Gasteiger partial charge on any atom is -0.206 e. The highest BCUT2D eigenvalue weighted by atomic mass is 19.1. The lowest BCUT2D eigenvalue weighted by Gasteiger charge is -2.28. The molecule has 0 spiro atoms. The Balaban J connectivity index is 1.40. The number of hydrogen-bond donors (Lipinski definition) is 0. The van der Waals surface area contributed by atoms with Gasteiger partial charge in [-0.2, -0.15) is 0 Å². The average Bonchev–Trinajstić information content (AvgIpc) is 2.78. The third-order valence-electron chi connectivity index (χ3n) is 6.88. The summed E-state index contributed by atoms with van der Waals surface area (Å²) in [7, 11) is 0. The van der Waals surface area contributed by atoms with Crippen molar-refractivity contribution in [3.8, 4) is 11.1 Å². The van der Waals surface area contributed by atoms with E-state index in [1.807, 2.05) is 42.5 Å². The van der Waals surface area contributed by atoms with E-state index in [1.54, 1.807) is 0 Å². The first-order valence-electron chi connectivity index (χ1n) is 11.5. The molecule has 0 unspecified atom stereocenters. The van der Waals surface area contributed by atoms with Gasteiger partial charge < -0.3 is 0 Å². The van der Waals surface area contributed by atoms with Crippen molar-refractivity contribution >= 4 is 10.8 Å². The van der Waals surface area contributed by atoms with Crippen molar-refractivity contribution in [2.45, 2.75) is 64.7 Å². The summed E-state index contributed by atoms with van der Waals surface area (Å²) in [6.07, 6.45) is 12.2. The lowest BCUT2D eigenvalue weighted by atomic mass is 9.78. The molecule has 0 saturated heterocycles. The molecule has 0 N–H and O–H groups in total. The Morgan fingerprint density at radius 2 is 1.55 bits per heavy atom. The quantitative estimate of drug-likeness (QED) is 0.380. The molecule has 0 aromatic heterocycles. The van der Waals surface area contributed by atoms with Crippen LogP contribution in [0, 0.1) is 17.7 Å². The highest BCUT2D eigenvalue weighted by Gasteiger charge is 2.20. The topological polar surface area (TPSA) is 0 Å². The van der Waals surface area contributed by atoms with Crippen LogP contribution in [-0.4, -0.2) is 0 Å². The predicted molar refractivity (Wildman–Crippen MR) is 123 cm³/mol. The van der Waals surface area contributed by atoms with Crippen LogP contribution in [0.15, 0.2) is 60.7 Å². The van der Waals surface area contributed by atoms with Gasteiger partial charge in [0.1, 0.15) is 5.82 Å². The third kappa shape index (κ3) is 4.89. The molecule has 0 aliphatic heterocycles. The zero-order valence-electron chi connectivity index (χ0n) is 17.7. The maximum Gasteiger partial charge on any atom is 0.138 e. The fourth-order valence-corrected chi connectivity index (χ4v) is 5.01. The number of benzene rings is 3. The molecule has 0 radical (unpaired) electrons. The number of halogens is 1. The SMILES string of the molecule is CCCCC1CCC(CCc2ccc3c(F)c(-c4ccccc4)ccc3c2)CC1. The van der Waals surface area contributed by atoms with Gasteiger partial charge in [-0.1, -0.05) is 113 Å². The van der Waals surface area contributed by atoms with Crippen molar-refractivity contribution in [1.82, 2.24) is 0 Å². The molecule has 4 rings (SSSR count). The molecular weight excluding hydrogens is 355 g/mol. The summed E-state index contributed by atoms with van der Waals surface area (Å²) < 4.78 is 15.1. The van der Waals surface area contributed by atoms with Gasteiger partial charge in [-0.3, -0.25) is 0 Å². The van der Waals surface area contributed by atoms with E-state index in [0.29, 0.717) is 5.56 Å². The van der Waals surface area contributed by atoms with E-state index >= 15 is 4.39 Å². The minimum absolute atomic E-state index is 0.106. The molecule has 29 heavy (non-hydrogen) atoms. The molecule has 1 fully saturated rings. The van der Waals surface area contributed by atoms with E-state index in [4.69, 9.17) is 0 Å². The summed E-state index contributed by atoms with van der Waals surface area (Å²) in [6, 6.07) is 20.1. The molecule has 3 aromatic rings. The Kier molecular flexibility index (Phi) is 6.64. The van der Waals surface area contributed by atoms with Crippen LogP contribution in [0.4, 0.5) is 4.39 Å². The summed E-state index contributed by atoms with van der Waals surface area (Å²) >= 11 is 0. The van der Waals surface area contributed by atoms with Crippen molar-refractivity contribution in [2.24, 2.45) is 11.8 Å². The van der Waals surface area contributed by atoms with Gasteiger partial charge in [0.15, 0.2) is 0 Å². The number of aryl methyl sites for hydroxylation is 1. The molecule has 1 saturated carbocycles. The van der Waals surface area contributed by atoms with Crippen LogP contribution in [0.2, 0.25) is 0 Å². The largest absolute Gasteiger partial charge is 0.206 e. The maximum absolute atomic E-state index is 15.1. The van der Waals surface area contributed by atoms with Gasteiger partial charge in [0.2, 0.25) is 0 Å². The molecule has 3 aromatic carbocycles. The first-order chi connectivity index (χ1) is 14.2. The molecule has 0 atom stereocenters. The van der Waals surface area contributed by atoms with Crippen LogP contribution in [-0.2, 0) is 6.42 Å². The second kappa shape index (κ2) is 9.57. The number of unbranched alkanes of at least 4 members (excludes halogenated alkanes) is 1.